The summed E-state index contributed by atoms with van der Waals surface area (Å²) in [6.45, 7) is 1.29. The van der Waals surface area contributed by atoms with E-state index in [2.05, 4.69) is 20.8 Å². The molecule has 7 nitrogen and oxygen atoms in total. The van der Waals surface area contributed by atoms with Gasteiger partial charge in [0.15, 0.2) is 0 Å². The maximum atomic E-state index is 11.9. The maximum Gasteiger partial charge on any atom is 0.321 e. The van der Waals surface area contributed by atoms with E-state index in [1.807, 2.05) is 24.3 Å². The zero-order valence-corrected chi connectivity index (χ0v) is 14.3. The summed E-state index contributed by atoms with van der Waals surface area (Å²) in [6.07, 6.45) is 2.81. The van der Waals surface area contributed by atoms with E-state index in [4.69, 9.17) is 9.47 Å². The van der Waals surface area contributed by atoms with Gasteiger partial charge < -0.3 is 14.8 Å². The summed E-state index contributed by atoms with van der Waals surface area (Å²) in [6, 6.07) is 7.52. The molecule has 2 N–H and O–H groups in total. The lowest BCUT2D eigenvalue weighted by Crippen LogP contribution is -2.34. The van der Waals surface area contributed by atoms with Gasteiger partial charge in [0.1, 0.15) is 10.8 Å². The fourth-order valence-electron chi connectivity index (χ4n) is 2.49. The van der Waals surface area contributed by atoms with Gasteiger partial charge in [0.05, 0.1) is 13.2 Å². The molecular formula is C16H20N4O3S. The van der Waals surface area contributed by atoms with Gasteiger partial charge >= 0.3 is 6.03 Å². The van der Waals surface area contributed by atoms with Gasteiger partial charge in [-0.25, -0.2) is 4.79 Å². The molecule has 0 radical (unpaired) electrons. The standard InChI is InChI=1S/C16H20N4O3S/c1-22-12-5-2-4-11(8-12)9-14-19-20-16(24-14)18-15(21)17-10-13-6-3-7-23-13/h2,4-5,8,13H,3,6-7,9-10H2,1H3,(H2,17,18,20,21)/t13-/m1/s1. The summed E-state index contributed by atoms with van der Waals surface area (Å²) >= 11 is 1.36. The van der Waals surface area contributed by atoms with Gasteiger partial charge in [-0.15, -0.1) is 10.2 Å². The molecule has 2 aromatic rings. The molecule has 1 aromatic heterocycles. The van der Waals surface area contributed by atoms with Crippen LogP contribution in [-0.2, 0) is 11.2 Å². The van der Waals surface area contributed by atoms with Crippen molar-refractivity contribution in [2.24, 2.45) is 0 Å². The van der Waals surface area contributed by atoms with Crippen LogP contribution in [0.25, 0.3) is 0 Å². The molecule has 0 unspecified atom stereocenters. The van der Waals surface area contributed by atoms with E-state index in [1.165, 1.54) is 11.3 Å². The SMILES string of the molecule is COc1cccc(Cc2nnc(NC(=O)NC[C@H]3CCCO3)s2)c1. The predicted octanol–water partition coefficient (Wildman–Crippen LogP) is 2.44. The lowest BCUT2D eigenvalue weighted by atomic mass is 10.1. The Balaban J connectivity index is 1.50. The van der Waals surface area contributed by atoms with Crippen LogP contribution in [0.2, 0.25) is 0 Å². The van der Waals surface area contributed by atoms with Gasteiger partial charge in [0.2, 0.25) is 5.13 Å². The van der Waals surface area contributed by atoms with Gasteiger partial charge in [-0.1, -0.05) is 23.5 Å². The highest BCUT2D eigenvalue weighted by atomic mass is 32.1. The topological polar surface area (TPSA) is 85.4 Å². The molecule has 2 amide bonds. The van der Waals surface area contributed by atoms with Crippen molar-refractivity contribution in [2.45, 2.75) is 25.4 Å². The first-order valence-corrected chi connectivity index (χ1v) is 8.66. The van der Waals surface area contributed by atoms with Gasteiger partial charge in [-0.2, -0.15) is 0 Å². The number of methoxy groups -OCH3 is 1. The third kappa shape index (κ3) is 4.65. The average molecular weight is 348 g/mol. The van der Waals surface area contributed by atoms with Crippen molar-refractivity contribution in [1.29, 1.82) is 0 Å². The summed E-state index contributed by atoms with van der Waals surface area (Å²) < 4.78 is 10.7. The number of anilines is 1. The molecule has 1 saturated heterocycles. The molecule has 1 aromatic carbocycles. The molecule has 1 aliphatic rings. The highest BCUT2D eigenvalue weighted by molar-refractivity contribution is 7.15. The van der Waals surface area contributed by atoms with Crippen molar-refractivity contribution in [3.8, 4) is 5.75 Å². The van der Waals surface area contributed by atoms with Crippen molar-refractivity contribution in [3.63, 3.8) is 0 Å². The molecule has 0 spiro atoms. The number of carbonyl (C=O) groups is 1. The highest BCUT2D eigenvalue weighted by Crippen LogP contribution is 2.20. The van der Waals surface area contributed by atoms with Gasteiger partial charge in [-0.3, -0.25) is 5.32 Å². The Kier molecular flexibility index (Phi) is 5.60. The number of rotatable bonds is 6. The van der Waals surface area contributed by atoms with Gasteiger partial charge in [-0.05, 0) is 30.5 Å². The number of hydrogen-bond acceptors (Lipinski definition) is 6. The quantitative estimate of drug-likeness (QED) is 0.837. The van der Waals surface area contributed by atoms with E-state index in [0.29, 0.717) is 18.1 Å². The maximum absolute atomic E-state index is 11.9. The number of aromatic nitrogens is 2. The molecule has 1 atom stereocenters. The Bertz CT molecular complexity index is 685. The smallest absolute Gasteiger partial charge is 0.321 e. The molecule has 2 heterocycles. The molecule has 8 heteroatoms. The molecular weight excluding hydrogens is 328 g/mol. The van der Waals surface area contributed by atoms with Crippen LogP contribution in [0.3, 0.4) is 0 Å². The molecule has 0 saturated carbocycles. The Morgan fingerprint density at radius 3 is 3.17 bits per heavy atom. The minimum atomic E-state index is -0.283. The number of ether oxygens (including phenoxy) is 2. The van der Waals surface area contributed by atoms with Gasteiger partial charge in [0.25, 0.3) is 0 Å². The van der Waals surface area contributed by atoms with E-state index in [1.54, 1.807) is 7.11 Å². The minimum Gasteiger partial charge on any atom is -0.497 e. The van der Waals surface area contributed by atoms with Crippen LogP contribution in [-0.4, -0.2) is 42.6 Å². The Labute approximate surface area is 144 Å². The van der Waals surface area contributed by atoms with Crippen molar-refractivity contribution in [1.82, 2.24) is 15.5 Å². The van der Waals surface area contributed by atoms with Crippen LogP contribution in [0.15, 0.2) is 24.3 Å². The van der Waals surface area contributed by atoms with Crippen molar-refractivity contribution >= 4 is 22.5 Å². The largest absolute Gasteiger partial charge is 0.497 e. The van der Waals surface area contributed by atoms with Crippen molar-refractivity contribution in [2.75, 3.05) is 25.6 Å². The summed E-state index contributed by atoms with van der Waals surface area (Å²) in [7, 11) is 1.64. The minimum absolute atomic E-state index is 0.119. The molecule has 1 fully saturated rings. The Hall–Kier alpha value is -2.19. The van der Waals surface area contributed by atoms with E-state index >= 15 is 0 Å². The second kappa shape index (κ2) is 8.07. The second-order valence-corrected chi connectivity index (χ2v) is 6.56. The van der Waals surface area contributed by atoms with Crippen LogP contribution in [0.5, 0.6) is 5.75 Å². The number of amides is 2. The Morgan fingerprint density at radius 1 is 1.46 bits per heavy atom. The molecule has 128 valence electrons. The van der Waals surface area contributed by atoms with Crippen molar-refractivity contribution in [3.05, 3.63) is 34.8 Å². The van der Waals surface area contributed by atoms with E-state index in [-0.39, 0.29) is 12.1 Å². The van der Waals surface area contributed by atoms with Crippen LogP contribution in [0, 0.1) is 0 Å². The zero-order valence-electron chi connectivity index (χ0n) is 13.4. The zero-order chi connectivity index (χ0) is 16.8. The van der Waals surface area contributed by atoms with Crippen LogP contribution in [0.1, 0.15) is 23.4 Å². The number of carbonyl (C=O) groups excluding carboxylic acids is 1. The lowest BCUT2D eigenvalue weighted by molar-refractivity contribution is 0.112. The second-order valence-electron chi connectivity index (χ2n) is 5.50. The van der Waals surface area contributed by atoms with E-state index in [0.717, 1.165) is 35.8 Å². The molecule has 1 aliphatic heterocycles. The summed E-state index contributed by atoms with van der Waals surface area (Å²) in [4.78, 5) is 11.9. The normalized spacial score (nSPS) is 16.8. The number of urea groups is 1. The molecule has 0 aliphatic carbocycles. The summed E-state index contributed by atoms with van der Waals surface area (Å²) in [5.74, 6) is 0.809. The fraction of sp³-hybridized carbons (Fsp3) is 0.438. The van der Waals surface area contributed by atoms with Crippen LogP contribution in [0.4, 0.5) is 9.93 Å². The summed E-state index contributed by atoms with van der Waals surface area (Å²) in [5.41, 5.74) is 1.08. The van der Waals surface area contributed by atoms with E-state index in [9.17, 15) is 4.79 Å². The first-order valence-electron chi connectivity index (χ1n) is 7.84. The molecule has 0 bridgehead atoms. The third-order valence-electron chi connectivity index (χ3n) is 3.69. The highest BCUT2D eigenvalue weighted by Gasteiger charge is 2.16. The number of nitrogens with one attached hydrogen (secondary N) is 2. The van der Waals surface area contributed by atoms with Gasteiger partial charge in [0, 0.05) is 19.6 Å². The lowest BCUT2D eigenvalue weighted by Gasteiger charge is -2.10. The molecule has 24 heavy (non-hydrogen) atoms. The molecule has 3 rings (SSSR count). The Morgan fingerprint density at radius 2 is 2.38 bits per heavy atom. The van der Waals surface area contributed by atoms with Crippen LogP contribution < -0.4 is 15.4 Å². The fourth-order valence-corrected chi connectivity index (χ4v) is 3.25. The first-order chi connectivity index (χ1) is 11.7. The first kappa shape index (κ1) is 16.7. The van der Waals surface area contributed by atoms with Crippen LogP contribution >= 0.6 is 11.3 Å². The number of hydrogen-bond donors (Lipinski definition) is 2. The predicted molar refractivity (Wildman–Crippen MR) is 91.7 cm³/mol. The average Bonchev–Trinajstić information content (AvgIpc) is 3.25. The van der Waals surface area contributed by atoms with E-state index < -0.39 is 0 Å². The monoisotopic (exact) mass is 348 g/mol. The summed E-state index contributed by atoms with van der Waals surface area (Å²) in [5, 5.41) is 14.9. The number of nitrogens with zero attached hydrogens (tertiary/aromatic N) is 2. The van der Waals surface area contributed by atoms with Crippen molar-refractivity contribution < 1.29 is 14.3 Å². The third-order valence-corrected chi connectivity index (χ3v) is 4.53. The number of benzene rings is 1.